The molecule has 0 amide bonds. The maximum absolute atomic E-state index is 11.5. The van der Waals surface area contributed by atoms with Gasteiger partial charge in [0, 0.05) is 6.20 Å². The molecule has 1 aromatic heterocycles. The van der Waals surface area contributed by atoms with Crippen LogP contribution in [0.25, 0.3) is 0 Å². The average molecular weight is 243 g/mol. The van der Waals surface area contributed by atoms with Gasteiger partial charge in [0.1, 0.15) is 24.1 Å². The standard InChI is InChI=1S/C9H13N3O5/c10-5-1-2-12(9(16)11-5)8-7(15)6(14)4(3-13)17-8/h1-2,4,6-8,13-15H,3H2,(H2,10,11,16)/t4-,6-,7+,8+/m0/s1. The van der Waals surface area contributed by atoms with Crippen LogP contribution >= 0.6 is 0 Å². The van der Waals surface area contributed by atoms with Crippen molar-refractivity contribution in [2.24, 2.45) is 0 Å². The summed E-state index contributed by atoms with van der Waals surface area (Å²) < 4.78 is 6.19. The summed E-state index contributed by atoms with van der Waals surface area (Å²) in [6.45, 7) is -0.453. The number of ether oxygens (including phenoxy) is 1. The van der Waals surface area contributed by atoms with Crippen molar-refractivity contribution in [2.45, 2.75) is 24.5 Å². The van der Waals surface area contributed by atoms with E-state index in [9.17, 15) is 15.0 Å². The monoisotopic (exact) mass is 243 g/mol. The molecule has 8 heteroatoms. The van der Waals surface area contributed by atoms with Crippen molar-refractivity contribution in [1.29, 1.82) is 0 Å². The molecule has 17 heavy (non-hydrogen) atoms. The molecule has 0 saturated carbocycles. The lowest BCUT2D eigenvalue weighted by Gasteiger charge is -2.16. The van der Waals surface area contributed by atoms with Gasteiger partial charge in [0.15, 0.2) is 6.23 Å². The van der Waals surface area contributed by atoms with Gasteiger partial charge in [0.05, 0.1) is 6.61 Å². The first-order chi connectivity index (χ1) is 8.04. The Morgan fingerprint density at radius 3 is 2.71 bits per heavy atom. The summed E-state index contributed by atoms with van der Waals surface area (Å²) in [6, 6.07) is 1.37. The molecule has 4 atom stereocenters. The zero-order valence-corrected chi connectivity index (χ0v) is 8.80. The van der Waals surface area contributed by atoms with Gasteiger partial charge in [0.2, 0.25) is 0 Å². The summed E-state index contributed by atoms with van der Waals surface area (Å²) >= 11 is 0. The summed E-state index contributed by atoms with van der Waals surface area (Å²) in [7, 11) is 0. The highest BCUT2D eigenvalue weighted by molar-refractivity contribution is 5.23. The van der Waals surface area contributed by atoms with Crippen LogP contribution in [0.2, 0.25) is 0 Å². The van der Waals surface area contributed by atoms with Crippen molar-refractivity contribution in [3.05, 3.63) is 22.7 Å². The van der Waals surface area contributed by atoms with Crippen LogP contribution in [0.15, 0.2) is 17.1 Å². The van der Waals surface area contributed by atoms with E-state index in [-0.39, 0.29) is 5.82 Å². The number of anilines is 1. The SMILES string of the molecule is Nc1ccn([C@@H]2O[C@@H](CO)[C@H](O)[C@H]2O)c(=O)n1. The number of aliphatic hydroxyl groups is 3. The number of aromatic nitrogens is 2. The van der Waals surface area contributed by atoms with Crippen LogP contribution in [0.1, 0.15) is 6.23 Å². The first kappa shape index (κ1) is 12.0. The van der Waals surface area contributed by atoms with Crippen LogP contribution in [-0.4, -0.2) is 49.8 Å². The molecule has 0 bridgehead atoms. The van der Waals surface area contributed by atoms with Crippen molar-refractivity contribution < 1.29 is 20.1 Å². The molecule has 0 aliphatic carbocycles. The molecule has 1 saturated heterocycles. The predicted molar refractivity (Wildman–Crippen MR) is 55.9 cm³/mol. The third kappa shape index (κ3) is 2.03. The van der Waals surface area contributed by atoms with Gasteiger partial charge in [-0.3, -0.25) is 4.57 Å². The van der Waals surface area contributed by atoms with E-state index in [1.165, 1.54) is 12.3 Å². The molecular formula is C9H13N3O5. The van der Waals surface area contributed by atoms with Gasteiger partial charge < -0.3 is 25.8 Å². The molecule has 1 fully saturated rings. The second kappa shape index (κ2) is 4.41. The molecule has 1 aliphatic heterocycles. The number of rotatable bonds is 2. The number of hydrogen-bond acceptors (Lipinski definition) is 7. The summed E-state index contributed by atoms with van der Waals surface area (Å²) in [4.78, 5) is 15.0. The lowest BCUT2D eigenvalue weighted by Crippen LogP contribution is -2.36. The molecule has 2 heterocycles. The van der Waals surface area contributed by atoms with E-state index in [1.54, 1.807) is 0 Å². The quantitative estimate of drug-likeness (QED) is 0.449. The van der Waals surface area contributed by atoms with Gasteiger partial charge in [-0.2, -0.15) is 4.98 Å². The molecule has 0 radical (unpaired) electrons. The van der Waals surface area contributed by atoms with Crippen LogP contribution in [0, 0.1) is 0 Å². The highest BCUT2D eigenvalue weighted by atomic mass is 16.6. The smallest absolute Gasteiger partial charge is 0.351 e. The predicted octanol–water partition coefficient (Wildman–Crippen LogP) is -2.56. The molecule has 8 nitrogen and oxygen atoms in total. The molecule has 94 valence electrons. The summed E-state index contributed by atoms with van der Waals surface area (Å²) in [5.41, 5.74) is 4.63. The van der Waals surface area contributed by atoms with E-state index in [2.05, 4.69) is 4.98 Å². The lowest BCUT2D eigenvalue weighted by atomic mass is 10.1. The van der Waals surface area contributed by atoms with Crippen LogP contribution in [0.5, 0.6) is 0 Å². The van der Waals surface area contributed by atoms with E-state index in [0.717, 1.165) is 4.57 Å². The Morgan fingerprint density at radius 2 is 2.18 bits per heavy atom. The van der Waals surface area contributed by atoms with Crippen LogP contribution in [-0.2, 0) is 4.74 Å². The normalized spacial score (nSPS) is 32.9. The summed E-state index contributed by atoms with van der Waals surface area (Å²) in [5, 5.41) is 28.2. The minimum atomic E-state index is -1.31. The zero-order valence-electron chi connectivity index (χ0n) is 8.80. The largest absolute Gasteiger partial charge is 0.394 e. The molecule has 1 aliphatic rings. The van der Waals surface area contributed by atoms with E-state index < -0.39 is 36.8 Å². The van der Waals surface area contributed by atoms with Gasteiger partial charge >= 0.3 is 5.69 Å². The first-order valence-corrected chi connectivity index (χ1v) is 5.01. The Balaban J connectivity index is 2.32. The number of nitrogens with zero attached hydrogens (tertiary/aromatic N) is 2. The van der Waals surface area contributed by atoms with E-state index in [1.807, 2.05) is 0 Å². The maximum Gasteiger partial charge on any atom is 0.351 e. The molecule has 0 aromatic carbocycles. The number of nitrogen functional groups attached to an aromatic ring is 1. The highest BCUT2D eigenvalue weighted by Crippen LogP contribution is 2.27. The molecule has 2 rings (SSSR count). The van der Waals surface area contributed by atoms with Crippen LogP contribution < -0.4 is 11.4 Å². The van der Waals surface area contributed by atoms with Gasteiger partial charge in [-0.15, -0.1) is 0 Å². The van der Waals surface area contributed by atoms with Gasteiger partial charge in [0.25, 0.3) is 0 Å². The first-order valence-electron chi connectivity index (χ1n) is 5.01. The second-order valence-electron chi connectivity index (χ2n) is 3.77. The zero-order chi connectivity index (χ0) is 12.6. The number of hydrogen-bond donors (Lipinski definition) is 4. The minimum Gasteiger partial charge on any atom is -0.394 e. The van der Waals surface area contributed by atoms with Crippen molar-refractivity contribution >= 4 is 5.82 Å². The summed E-state index contributed by atoms with van der Waals surface area (Å²) in [6.07, 6.45) is -3.27. The Bertz CT molecular complexity index is 462. The third-order valence-electron chi connectivity index (χ3n) is 2.64. The second-order valence-corrected chi connectivity index (χ2v) is 3.77. The Kier molecular flexibility index (Phi) is 3.11. The van der Waals surface area contributed by atoms with Gasteiger partial charge in [-0.1, -0.05) is 0 Å². The highest BCUT2D eigenvalue weighted by Gasteiger charge is 2.43. The van der Waals surface area contributed by atoms with Crippen molar-refractivity contribution in [3.8, 4) is 0 Å². The molecule has 0 unspecified atom stereocenters. The fourth-order valence-electron chi connectivity index (χ4n) is 1.73. The van der Waals surface area contributed by atoms with E-state index in [4.69, 9.17) is 15.6 Å². The van der Waals surface area contributed by atoms with Crippen molar-refractivity contribution in [1.82, 2.24) is 9.55 Å². The molecule has 0 spiro atoms. The average Bonchev–Trinajstić information content (AvgIpc) is 2.57. The van der Waals surface area contributed by atoms with Crippen molar-refractivity contribution in [3.63, 3.8) is 0 Å². The Labute approximate surface area is 95.9 Å². The Morgan fingerprint density at radius 1 is 1.47 bits per heavy atom. The molecule has 5 N–H and O–H groups in total. The van der Waals surface area contributed by atoms with Crippen molar-refractivity contribution in [2.75, 3.05) is 12.3 Å². The summed E-state index contributed by atoms with van der Waals surface area (Å²) in [5.74, 6) is 0.0537. The van der Waals surface area contributed by atoms with E-state index in [0.29, 0.717) is 0 Å². The lowest BCUT2D eigenvalue weighted by molar-refractivity contribution is -0.0549. The number of nitrogens with two attached hydrogens (primary N) is 1. The fraction of sp³-hybridized carbons (Fsp3) is 0.556. The topological polar surface area (TPSA) is 131 Å². The van der Waals surface area contributed by atoms with Gasteiger partial charge in [-0.05, 0) is 6.07 Å². The van der Waals surface area contributed by atoms with Crippen LogP contribution in [0.3, 0.4) is 0 Å². The molecular weight excluding hydrogens is 230 g/mol. The van der Waals surface area contributed by atoms with Crippen LogP contribution in [0.4, 0.5) is 5.82 Å². The Hall–Kier alpha value is -1.48. The van der Waals surface area contributed by atoms with Gasteiger partial charge in [-0.25, -0.2) is 4.79 Å². The maximum atomic E-state index is 11.5. The minimum absolute atomic E-state index is 0.0537. The molecule has 1 aromatic rings. The fourth-order valence-corrected chi connectivity index (χ4v) is 1.73. The number of aliphatic hydroxyl groups excluding tert-OH is 3. The van der Waals surface area contributed by atoms with E-state index >= 15 is 0 Å². The third-order valence-corrected chi connectivity index (χ3v) is 2.64.